The van der Waals surface area contributed by atoms with Gasteiger partial charge in [0.1, 0.15) is 5.75 Å². The molecule has 3 aromatic carbocycles. The van der Waals surface area contributed by atoms with Gasteiger partial charge in [-0.2, -0.15) is 0 Å². The molecule has 1 fully saturated rings. The summed E-state index contributed by atoms with van der Waals surface area (Å²) in [6, 6.07) is 12.1. The first-order valence-electron chi connectivity index (χ1n) is 9.64. The van der Waals surface area contributed by atoms with E-state index >= 15 is 0 Å². The number of hydrogen-bond acceptors (Lipinski definition) is 4. The molecular formula is C23H24INO4. The SMILES string of the molecule is COc1ccc2c(C(=O)N3CCCC3CI)cc3cc(OC)c(OC)cc3c2c1. The maximum Gasteiger partial charge on any atom is 0.254 e. The number of carbonyl (C=O) groups excluding carboxylic acids is 1. The van der Waals surface area contributed by atoms with Crippen molar-refractivity contribution in [3.05, 3.63) is 42.0 Å². The number of benzene rings is 3. The summed E-state index contributed by atoms with van der Waals surface area (Å²) in [6.07, 6.45) is 2.13. The van der Waals surface area contributed by atoms with Crippen molar-refractivity contribution in [1.29, 1.82) is 0 Å². The lowest BCUT2D eigenvalue weighted by atomic mass is 9.95. The van der Waals surface area contributed by atoms with Crippen LogP contribution in [-0.2, 0) is 0 Å². The van der Waals surface area contributed by atoms with Crippen molar-refractivity contribution in [2.45, 2.75) is 18.9 Å². The quantitative estimate of drug-likeness (QED) is 0.277. The second kappa shape index (κ2) is 8.26. The Kier molecular flexibility index (Phi) is 5.72. The lowest BCUT2D eigenvalue weighted by Gasteiger charge is -2.24. The Morgan fingerprint density at radius 1 is 1.00 bits per heavy atom. The molecule has 4 rings (SSSR count). The average Bonchev–Trinajstić information content (AvgIpc) is 3.25. The van der Waals surface area contributed by atoms with Gasteiger partial charge in [0.25, 0.3) is 5.91 Å². The van der Waals surface area contributed by atoms with Gasteiger partial charge in [0.2, 0.25) is 0 Å². The highest BCUT2D eigenvalue weighted by molar-refractivity contribution is 14.1. The molecular weight excluding hydrogens is 481 g/mol. The Balaban J connectivity index is 1.99. The average molecular weight is 505 g/mol. The molecule has 1 saturated heterocycles. The molecule has 0 saturated carbocycles. The molecule has 0 bridgehead atoms. The predicted molar refractivity (Wildman–Crippen MR) is 124 cm³/mol. The molecule has 0 spiro atoms. The van der Waals surface area contributed by atoms with Gasteiger partial charge in [-0.05, 0) is 70.8 Å². The fourth-order valence-corrected chi connectivity index (χ4v) is 5.10. The van der Waals surface area contributed by atoms with Crippen LogP contribution in [-0.4, -0.2) is 49.2 Å². The van der Waals surface area contributed by atoms with E-state index < -0.39 is 0 Å². The number of likely N-dealkylation sites (tertiary alicyclic amines) is 1. The number of methoxy groups -OCH3 is 3. The fourth-order valence-electron chi connectivity index (χ4n) is 4.18. The zero-order valence-electron chi connectivity index (χ0n) is 16.8. The molecule has 29 heavy (non-hydrogen) atoms. The first-order valence-corrected chi connectivity index (χ1v) is 11.2. The third kappa shape index (κ3) is 3.47. The molecule has 1 atom stereocenters. The number of halogens is 1. The number of nitrogens with zero attached hydrogens (tertiary/aromatic N) is 1. The Morgan fingerprint density at radius 2 is 1.76 bits per heavy atom. The molecule has 0 aromatic heterocycles. The van der Waals surface area contributed by atoms with Gasteiger partial charge in [0, 0.05) is 22.6 Å². The van der Waals surface area contributed by atoms with Crippen LogP contribution in [0.1, 0.15) is 23.2 Å². The normalized spacial score (nSPS) is 16.4. The van der Waals surface area contributed by atoms with Gasteiger partial charge in [-0.15, -0.1) is 0 Å². The van der Waals surface area contributed by atoms with Crippen molar-refractivity contribution in [3.8, 4) is 17.2 Å². The fraction of sp³-hybridized carbons (Fsp3) is 0.348. The zero-order chi connectivity index (χ0) is 20.5. The van der Waals surface area contributed by atoms with Gasteiger partial charge >= 0.3 is 0 Å². The molecule has 1 aliphatic heterocycles. The van der Waals surface area contributed by atoms with Crippen molar-refractivity contribution in [2.24, 2.45) is 0 Å². The summed E-state index contributed by atoms with van der Waals surface area (Å²) in [4.78, 5) is 15.6. The van der Waals surface area contributed by atoms with Crippen LogP contribution in [0.4, 0.5) is 0 Å². The molecule has 0 radical (unpaired) electrons. The third-order valence-electron chi connectivity index (χ3n) is 5.71. The maximum absolute atomic E-state index is 13.5. The number of amides is 1. The van der Waals surface area contributed by atoms with Crippen molar-refractivity contribution in [2.75, 3.05) is 32.3 Å². The highest BCUT2D eigenvalue weighted by atomic mass is 127. The second-order valence-corrected chi connectivity index (χ2v) is 8.09. The molecule has 6 heteroatoms. The first-order chi connectivity index (χ1) is 14.1. The van der Waals surface area contributed by atoms with Crippen molar-refractivity contribution < 1.29 is 19.0 Å². The number of ether oxygens (including phenoxy) is 3. The van der Waals surface area contributed by atoms with Gasteiger partial charge in [-0.1, -0.05) is 22.6 Å². The summed E-state index contributed by atoms with van der Waals surface area (Å²) >= 11 is 2.38. The van der Waals surface area contributed by atoms with Gasteiger partial charge < -0.3 is 19.1 Å². The lowest BCUT2D eigenvalue weighted by Crippen LogP contribution is -2.36. The standard InChI is InChI=1S/C23H24INO4/c1-27-16-6-7-17-19(11-16)18-12-22(29-3)21(28-2)10-14(18)9-20(17)23(26)25-8-4-5-15(25)13-24/h6-7,9-12,15H,4-5,8,13H2,1-3H3. The molecule has 0 aliphatic carbocycles. The highest BCUT2D eigenvalue weighted by Gasteiger charge is 2.30. The molecule has 1 heterocycles. The van der Waals surface area contributed by atoms with E-state index in [4.69, 9.17) is 14.2 Å². The molecule has 0 N–H and O–H groups in total. The van der Waals surface area contributed by atoms with Crippen LogP contribution in [0, 0.1) is 0 Å². The van der Waals surface area contributed by atoms with E-state index in [2.05, 4.69) is 22.6 Å². The molecule has 152 valence electrons. The monoisotopic (exact) mass is 505 g/mol. The summed E-state index contributed by atoms with van der Waals surface area (Å²) < 4.78 is 17.4. The van der Waals surface area contributed by atoms with E-state index in [0.29, 0.717) is 17.5 Å². The second-order valence-electron chi connectivity index (χ2n) is 7.21. The molecule has 1 amide bonds. The van der Waals surface area contributed by atoms with Gasteiger partial charge in [-0.3, -0.25) is 4.79 Å². The Bertz CT molecular complexity index is 1080. The highest BCUT2D eigenvalue weighted by Crippen LogP contribution is 2.39. The van der Waals surface area contributed by atoms with Crippen LogP contribution >= 0.6 is 22.6 Å². The minimum absolute atomic E-state index is 0.0935. The molecule has 1 aliphatic rings. The minimum Gasteiger partial charge on any atom is -0.497 e. The van der Waals surface area contributed by atoms with Crippen molar-refractivity contribution >= 4 is 50.0 Å². The number of fused-ring (bicyclic) bond motifs is 3. The molecule has 3 aromatic rings. The van der Waals surface area contributed by atoms with E-state index in [9.17, 15) is 4.79 Å². The van der Waals surface area contributed by atoms with E-state index in [1.807, 2.05) is 41.3 Å². The van der Waals surface area contributed by atoms with E-state index in [-0.39, 0.29) is 5.91 Å². The van der Waals surface area contributed by atoms with Crippen LogP contribution in [0.15, 0.2) is 36.4 Å². The Hall–Kier alpha value is -2.22. The van der Waals surface area contributed by atoms with Crippen LogP contribution in [0.5, 0.6) is 17.2 Å². The first kappa shape index (κ1) is 20.1. The van der Waals surface area contributed by atoms with E-state index in [0.717, 1.165) is 56.7 Å². The molecule has 5 nitrogen and oxygen atoms in total. The topological polar surface area (TPSA) is 48.0 Å². The van der Waals surface area contributed by atoms with Gasteiger partial charge in [-0.25, -0.2) is 0 Å². The number of carbonyl (C=O) groups is 1. The van der Waals surface area contributed by atoms with Crippen LogP contribution in [0.25, 0.3) is 21.5 Å². The van der Waals surface area contributed by atoms with Gasteiger partial charge in [0.05, 0.1) is 21.3 Å². The van der Waals surface area contributed by atoms with Crippen LogP contribution in [0.2, 0.25) is 0 Å². The van der Waals surface area contributed by atoms with E-state index in [1.165, 1.54) is 0 Å². The Labute approximate surface area is 184 Å². The minimum atomic E-state index is 0.0935. The zero-order valence-corrected chi connectivity index (χ0v) is 19.0. The number of rotatable bonds is 5. The third-order valence-corrected chi connectivity index (χ3v) is 6.73. The summed E-state index contributed by atoms with van der Waals surface area (Å²) in [5.41, 5.74) is 0.721. The summed E-state index contributed by atoms with van der Waals surface area (Å²) in [6.45, 7) is 0.814. The van der Waals surface area contributed by atoms with Gasteiger partial charge in [0.15, 0.2) is 11.5 Å². The summed E-state index contributed by atoms with van der Waals surface area (Å²) in [7, 11) is 4.90. The predicted octanol–water partition coefficient (Wildman–Crippen LogP) is 5.06. The van der Waals surface area contributed by atoms with Crippen molar-refractivity contribution in [3.63, 3.8) is 0 Å². The smallest absolute Gasteiger partial charge is 0.254 e. The number of hydrogen-bond donors (Lipinski definition) is 0. The summed E-state index contributed by atoms with van der Waals surface area (Å²) in [5.74, 6) is 2.15. The lowest BCUT2D eigenvalue weighted by molar-refractivity contribution is 0.0753. The van der Waals surface area contributed by atoms with Crippen LogP contribution in [0.3, 0.4) is 0 Å². The maximum atomic E-state index is 13.5. The van der Waals surface area contributed by atoms with Crippen molar-refractivity contribution in [1.82, 2.24) is 4.90 Å². The Morgan fingerprint density at radius 3 is 2.45 bits per heavy atom. The molecule has 1 unspecified atom stereocenters. The summed E-state index contributed by atoms with van der Waals surface area (Å²) in [5, 5.41) is 3.84. The van der Waals surface area contributed by atoms with Crippen LogP contribution < -0.4 is 14.2 Å². The largest absolute Gasteiger partial charge is 0.497 e. The number of alkyl halides is 1. The van der Waals surface area contributed by atoms with E-state index in [1.54, 1.807) is 21.3 Å².